The SMILES string of the molecule is NC(=O)c1ccc(OCC2CN(Cc3ccccc3)C(=O)O2)cc1. The smallest absolute Gasteiger partial charge is 0.410 e. The Bertz CT molecular complexity index is 716. The van der Waals surface area contributed by atoms with Crippen LogP contribution in [0, 0.1) is 0 Å². The molecule has 1 aliphatic heterocycles. The van der Waals surface area contributed by atoms with E-state index < -0.39 is 5.91 Å². The monoisotopic (exact) mass is 326 g/mol. The van der Waals surface area contributed by atoms with Gasteiger partial charge in [0.05, 0.1) is 6.54 Å². The molecule has 24 heavy (non-hydrogen) atoms. The second kappa shape index (κ2) is 7.04. The first-order valence-corrected chi connectivity index (χ1v) is 7.64. The molecular formula is C18H18N2O4. The van der Waals surface area contributed by atoms with Gasteiger partial charge in [-0.25, -0.2) is 4.79 Å². The predicted molar refractivity (Wildman–Crippen MR) is 87.6 cm³/mol. The first kappa shape index (κ1) is 15.9. The summed E-state index contributed by atoms with van der Waals surface area (Å²) < 4.78 is 10.9. The maximum Gasteiger partial charge on any atom is 0.410 e. The zero-order chi connectivity index (χ0) is 16.9. The molecule has 0 saturated carbocycles. The number of hydrogen-bond acceptors (Lipinski definition) is 4. The predicted octanol–water partition coefficient (Wildman–Crippen LogP) is 2.19. The van der Waals surface area contributed by atoms with Gasteiger partial charge in [0, 0.05) is 12.1 Å². The molecule has 0 spiro atoms. The van der Waals surface area contributed by atoms with Crippen LogP contribution in [0.2, 0.25) is 0 Å². The van der Waals surface area contributed by atoms with E-state index in [1.165, 1.54) is 0 Å². The van der Waals surface area contributed by atoms with Crippen molar-refractivity contribution in [3.8, 4) is 5.75 Å². The third-order valence-electron chi connectivity index (χ3n) is 3.74. The van der Waals surface area contributed by atoms with Crippen LogP contribution in [-0.2, 0) is 11.3 Å². The van der Waals surface area contributed by atoms with Crippen LogP contribution in [0.1, 0.15) is 15.9 Å². The molecule has 0 aromatic heterocycles. The Morgan fingerprint density at radius 3 is 2.54 bits per heavy atom. The summed E-state index contributed by atoms with van der Waals surface area (Å²) >= 11 is 0. The maximum atomic E-state index is 11.9. The van der Waals surface area contributed by atoms with Crippen molar-refractivity contribution in [2.45, 2.75) is 12.6 Å². The van der Waals surface area contributed by atoms with E-state index in [0.29, 0.717) is 24.4 Å². The van der Waals surface area contributed by atoms with E-state index in [0.717, 1.165) is 5.56 Å². The quantitative estimate of drug-likeness (QED) is 0.882. The molecule has 6 nitrogen and oxygen atoms in total. The van der Waals surface area contributed by atoms with Gasteiger partial charge in [0.1, 0.15) is 12.4 Å². The molecule has 124 valence electrons. The number of nitrogens with zero attached hydrogens (tertiary/aromatic N) is 1. The van der Waals surface area contributed by atoms with Crippen LogP contribution in [0.5, 0.6) is 5.75 Å². The minimum Gasteiger partial charge on any atom is -0.490 e. The summed E-state index contributed by atoms with van der Waals surface area (Å²) in [6.45, 7) is 1.25. The van der Waals surface area contributed by atoms with Gasteiger partial charge in [0.2, 0.25) is 5.91 Å². The number of nitrogens with two attached hydrogens (primary N) is 1. The van der Waals surface area contributed by atoms with Crippen molar-refractivity contribution in [3.05, 3.63) is 65.7 Å². The Morgan fingerprint density at radius 1 is 1.17 bits per heavy atom. The highest BCUT2D eigenvalue weighted by molar-refractivity contribution is 5.92. The van der Waals surface area contributed by atoms with Gasteiger partial charge in [-0.15, -0.1) is 0 Å². The molecule has 1 saturated heterocycles. The van der Waals surface area contributed by atoms with E-state index in [-0.39, 0.29) is 18.8 Å². The van der Waals surface area contributed by atoms with Crippen molar-refractivity contribution in [1.29, 1.82) is 0 Å². The molecule has 2 aromatic rings. The summed E-state index contributed by atoms with van der Waals surface area (Å²) in [6.07, 6.45) is -0.659. The number of carbonyl (C=O) groups excluding carboxylic acids is 2. The molecule has 3 rings (SSSR count). The third-order valence-corrected chi connectivity index (χ3v) is 3.74. The molecule has 0 aliphatic carbocycles. The molecule has 1 fully saturated rings. The fourth-order valence-corrected chi connectivity index (χ4v) is 2.50. The van der Waals surface area contributed by atoms with Gasteiger partial charge in [-0.3, -0.25) is 4.79 Å². The lowest BCUT2D eigenvalue weighted by molar-refractivity contribution is 0.0995. The largest absolute Gasteiger partial charge is 0.490 e. The Hall–Kier alpha value is -3.02. The minimum absolute atomic E-state index is 0.257. The molecule has 6 heteroatoms. The van der Waals surface area contributed by atoms with E-state index >= 15 is 0 Å². The van der Waals surface area contributed by atoms with Crippen molar-refractivity contribution in [2.24, 2.45) is 5.73 Å². The number of ether oxygens (including phenoxy) is 2. The standard InChI is InChI=1S/C18H18N2O4/c19-17(21)14-6-8-15(9-7-14)23-12-16-11-20(18(22)24-16)10-13-4-2-1-3-5-13/h1-9,16H,10-12H2,(H2,19,21). The highest BCUT2D eigenvalue weighted by Crippen LogP contribution is 2.17. The van der Waals surface area contributed by atoms with Gasteiger partial charge in [0.25, 0.3) is 0 Å². The van der Waals surface area contributed by atoms with Crippen LogP contribution in [0.3, 0.4) is 0 Å². The van der Waals surface area contributed by atoms with Crippen LogP contribution in [-0.4, -0.2) is 36.2 Å². The second-order valence-corrected chi connectivity index (χ2v) is 5.57. The number of primary amides is 1. The molecule has 0 bridgehead atoms. The Kier molecular flexibility index (Phi) is 4.65. The summed E-state index contributed by atoms with van der Waals surface area (Å²) in [5.74, 6) is 0.111. The fourth-order valence-electron chi connectivity index (χ4n) is 2.50. The van der Waals surface area contributed by atoms with Crippen molar-refractivity contribution in [3.63, 3.8) is 0 Å². The normalized spacial score (nSPS) is 16.8. The van der Waals surface area contributed by atoms with Crippen LogP contribution < -0.4 is 10.5 Å². The molecule has 2 amide bonds. The Labute approximate surface area is 139 Å². The van der Waals surface area contributed by atoms with Gasteiger partial charge in [-0.05, 0) is 29.8 Å². The number of cyclic esters (lactones) is 1. The lowest BCUT2D eigenvalue weighted by atomic mass is 10.2. The topological polar surface area (TPSA) is 81.9 Å². The first-order chi connectivity index (χ1) is 11.6. The molecule has 1 heterocycles. The number of rotatable bonds is 6. The molecule has 2 aromatic carbocycles. The molecule has 1 unspecified atom stereocenters. The molecular weight excluding hydrogens is 308 g/mol. The second-order valence-electron chi connectivity index (χ2n) is 5.57. The zero-order valence-electron chi connectivity index (χ0n) is 13.1. The van der Waals surface area contributed by atoms with E-state index in [2.05, 4.69) is 0 Å². The number of benzene rings is 2. The fraction of sp³-hybridized carbons (Fsp3) is 0.222. The average Bonchev–Trinajstić information content (AvgIpc) is 2.94. The Balaban J connectivity index is 1.52. The highest BCUT2D eigenvalue weighted by Gasteiger charge is 2.31. The first-order valence-electron chi connectivity index (χ1n) is 7.64. The minimum atomic E-state index is -0.483. The third kappa shape index (κ3) is 3.84. The maximum absolute atomic E-state index is 11.9. The summed E-state index contributed by atoms with van der Waals surface area (Å²) in [5.41, 5.74) is 6.66. The van der Waals surface area contributed by atoms with Crippen LogP contribution in [0.15, 0.2) is 54.6 Å². The van der Waals surface area contributed by atoms with E-state index in [1.54, 1.807) is 29.2 Å². The highest BCUT2D eigenvalue weighted by atomic mass is 16.6. The molecule has 1 aliphatic rings. The van der Waals surface area contributed by atoms with Crippen molar-refractivity contribution < 1.29 is 19.1 Å². The van der Waals surface area contributed by atoms with Gasteiger partial charge in [-0.2, -0.15) is 0 Å². The van der Waals surface area contributed by atoms with Gasteiger partial charge in [-0.1, -0.05) is 30.3 Å². The van der Waals surface area contributed by atoms with Crippen molar-refractivity contribution in [2.75, 3.05) is 13.2 Å². The number of carbonyl (C=O) groups is 2. The van der Waals surface area contributed by atoms with Crippen LogP contribution in [0.4, 0.5) is 4.79 Å². The van der Waals surface area contributed by atoms with E-state index in [9.17, 15) is 9.59 Å². The van der Waals surface area contributed by atoms with Gasteiger partial charge in [0.15, 0.2) is 6.10 Å². The lowest BCUT2D eigenvalue weighted by Gasteiger charge is -2.13. The summed E-state index contributed by atoms with van der Waals surface area (Å²) in [6, 6.07) is 16.3. The number of amides is 2. The number of hydrogen-bond donors (Lipinski definition) is 1. The zero-order valence-corrected chi connectivity index (χ0v) is 13.1. The van der Waals surface area contributed by atoms with Gasteiger partial charge >= 0.3 is 6.09 Å². The van der Waals surface area contributed by atoms with Crippen molar-refractivity contribution in [1.82, 2.24) is 4.90 Å². The lowest BCUT2D eigenvalue weighted by Crippen LogP contribution is -2.26. The van der Waals surface area contributed by atoms with E-state index in [4.69, 9.17) is 15.2 Å². The summed E-state index contributed by atoms with van der Waals surface area (Å²) in [4.78, 5) is 24.6. The molecule has 1 atom stereocenters. The Morgan fingerprint density at radius 2 is 1.88 bits per heavy atom. The van der Waals surface area contributed by atoms with Crippen LogP contribution >= 0.6 is 0 Å². The average molecular weight is 326 g/mol. The molecule has 2 N–H and O–H groups in total. The van der Waals surface area contributed by atoms with Crippen LogP contribution in [0.25, 0.3) is 0 Å². The van der Waals surface area contributed by atoms with Crippen molar-refractivity contribution >= 4 is 12.0 Å². The summed E-state index contributed by atoms with van der Waals surface area (Å²) in [5, 5.41) is 0. The van der Waals surface area contributed by atoms with Gasteiger partial charge < -0.3 is 20.1 Å². The molecule has 0 radical (unpaired) electrons. The summed E-state index contributed by atoms with van der Waals surface area (Å²) in [7, 11) is 0. The van der Waals surface area contributed by atoms with E-state index in [1.807, 2.05) is 30.3 Å².